The van der Waals surface area contributed by atoms with E-state index in [1.54, 1.807) is 7.11 Å². The summed E-state index contributed by atoms with van der Waals surface area (Å²) in [6, 6.07) is 7.42. The number of carbonyl (C=O) groups excluding carboxylic acids is 1. The number of likely N-dealkylation sites (tertiary alicyclic amines) is 1. The van der Waals surface area contributed by atoms with Crippen molar-refractivity contribution >= 4 is 5.91 Å². The Morgan fingerprint density at radius 1 is 1.23 bits per heavy atom. The molecule has 0 aromatic heterocycles. The molecule has 1 fully saturated rings. The van der Waals surface area contributed by atoms with Gasteiger partial charge in [-0.3, -0.25) is 9.69 Å². The second-order valence-electron chi connectivity index (χ2n) is 8.12. The maximum absolute atomic E-state index is 13.8. The normalized spacial score (nSPS) is 18.1. The maximum atomic E-state index is 13.8. The average molecular weight is 417 g/mol. The largest absolute Gasteiger partial charge is 0.496 e. The Labute approximate surface area is 177 Å². The van der Waals surface area contributed by atoms with Crippen LogP contribution in [0.4, 0.5) is 8.78 Å². The molecular weight excluding hydrogens is 386 g/mol. The van der Waals surface area contributed by atoms with Gasteiger partial charge in [0.25, 0.3) is 5.91 Å². The lowest BCUT2D eigenvalue weighted by Gasteiger charge is -2.38. The van der Waals surface area contributed by atoms with Crippen molar-refractivity contribution in [3.05, 3.63) is 64.2 Å². The highest BCUT2D eigenvalue weighted by Gasteiger charge is 2.26. The lowest BCUT2D eigenvalue weighted by atomic mass is 9.92. The van der Waals surface area contributed by atoms with E-state index in [4.69, 9.17) is 4.74 Å². The number of hydrogen-bond donors (Lipinski definition) is 1. The molecule has 1 saturated heterocycles. The minimum Gasteiger partial charge on any atom is -0.496 e. The number of methoxy groups -OCH3 is 1. The summed E-state index contributed by atoms with van der Waals surface area (Å²) in [6.45, 7) is 8.75. The van der Waals surface area contributed by atoms with Crippen LogP contribution in [0.15, 0.2) is 30.3 Å². The molecule has 3 rings (SSSR count). The maximum Gasteiger partial charge on any atom is 0.254 e. The molecule has 30 heavy (non-hydrogen) atoms. The fraction of sp³-hybridized carbons (Fsp3) is 0.458. The molecule has 4 nitrogen and oxygen atoms in total. The minimum atomic E-state index is -0.836. The summed E-state index contributed by atoms with van der Waals surface area (Å²) in [5, 5.41) is 2.82. The van der Waals surface area contributed by atoms with E-state index >= 15 is 0 Å². The molecule has 6 heteroatoms. The molecule has 2 aromatic rings. The first-order valence-corrected chi connectivity index (χ1v) is 10.4. The first-order valence-electron chi connectivity index (χ1n) is 10.4. The number of hydrogen-bond acceptors (Lipinski definition) is 3. The van der Waals surface area contributed by atoms with Crippen LogP contribution in [-0.2, 0) is 0 Å². The van der Waals surface area contributed by atoms with Crippen LogP contribution in [-0.4, -0.2) is 37.6 Å². The molecule has 1 N–H and O–H groups in total. The summed E-state index contributed by atoms with van der Waals surface area (Å²) < 4.78 is 32.3. The highest BCUT2D eigenvalue weighted by molar-refractivity contribution is 5.94. The Morgan fingerprint density at radius 2 is 2.00 bits per heavy atom. The van der Waals surface area contributed by atoms with E-state index in [0.29, 0.717) is 6.54 Å². The predicted molar refractivity (Wildman–Crippen MR) is 114 cm³/mol. The van der Waals surface area contributed by atoms with E-state index < -0.39 is 17.5 Å². The zero-order chi connectivity index (χ0) is 21.8. The Morgan fingerprint density at radius 3 is 2.70 bits per heavy atom. The van der Waals surface area contributed by atoms with Gasteiger partial charge in [0.15, 0.2) is 0 Å². The average Bonchev–Trinajstić information content (AvgIpc) is 2.73. The summed E-state index contributed by atoms with van der Waals surface area (Å²) in [5.41, 5.74) is 3.56. The molecule has 1 aliphatic rings. The molecule has 2 unspecified atom stereocenters. The molecule has 2 atom stereocenters. The van der Waals surface area contributed by atoms with Crippen LogP contribution in [0.3, 0.4) is 0 Å². The van der Waals surface area contributed by atoms with Gasteiger partial charge in [-0.05, 0) is 81.0 Å². The number of amides is 1. The third kappa shape index (κ3) is 4.81. The van der Waals surface area contributed by atoms with Gasteiger partial charge in [-0.1, -0.05) is 6.07 Å². The summed E-state index contributed by atoms with van der Waals surface area (Å²) in [6.07, 6.45) is 2.06. The van der Waals surface area contributed by atoms with Crippen molar-refractivity contribution in [2.24, 2.45) is 5.92 Å². The number of carbonyl (C=O) groups is 1. The SMILES string of the molecule is COc1ccc(C(C)N2CCCC(CNC(=O)c3ccc(F)cc3F)C2)c(C)c1C. The molecule has 1 amide bonds. The van der Waals surface area contributed by atoms with Gasteiger partial charge in [0.1, 0.15) is 17.4 Å². The first-order chi connectivity index (χ1) is 14.3. The monoisotopic (exact) mass is 416 g/mol. The predicted octanol–water partition coefficient (Wildman–Crippen LogP) is 4.79. The van der Waals surface area contributed by atoms with Crippen LogP contribution >= 0.6 is 0 Å². The summed E-state index contributed by atoms with van der Waals surface area (Å²) in [4.78, 5) is 14.7. The summed E-state index contributed by atoms with van der Waals surface area (Å²) in [7, 11) is 1.69. The van der Waals surface area contributed by atoms with Gasteiger partial charge >= 0.3 is 0 Å². The van der Waals surface area contributed by atoms with Gasteiger partial charge in [0, 0.05) is 25.2 Å². The van der Waals surface area contributed by atoms with Crippen LogP contribution in [0.2, 0.25) is 0 Å². The smallest absolute Gasteiger partial charge is 0.254 e. The lowest BCUT2D eigenvalue weighted by Crippen LogP contribution is -2.42. The van der Waals surface area contributed by atoms with E-state index in [1.807, 2.05) is 6.07 Å². The van der Waals surface area contributed by atoms with Crippen LogP contribution in [0.5, 0.6) is 5.75 Å². The Bertz CT molecular complexity index is 916. The van der Waals surface area contributed by atoms with Crippen molar-refractivity contribution in [1.82, 2.24) is 10.2 Å². The van der Waals surface area contributed by atoms with Gasteiger partial charge in [0.2, 0.25) is 0 Å². The van der Waals surface area contributed by atoms with E-state index in [1.165, 1.54) is 17.2 Å². The molecule has 0 spiro atoms. The van der Waals surface area contributed by atoms with Gasteiger partial charge in [-0.25, -0.2) is 8.78 Å². The summed E-state index contributed by atoms with van der Waals surface area (Å²) >= 11 is 0. The Hall–Kier alpha value is -2.47. The Balaban J connectivity index is 1.62. The number of benzene rings is 2. The molecule has 1 heterocycles. The fourth-order valence-corrected chi connectivity index (χ4v) is 4.31. The van der Waals surface area contributed by atoms with E-state index in [9.17, 15) is 13.6 Å². The molecular formula is C24H30F2N2O2. The van der Waals surface area contributed by atoms with Crippen LogP contribution in [0, 0.1) is 31.4 Å². The topological polar surface area (TPSA) is 41.6 Å². The first kappa shape index (κ1) is 22.2. The van der Waals surface area contributed by atoms with E-state index in [2.05, 4.69) is 37.1 Å². The molecule has 0 aliphatic carbocycles. The fourth-order valence-electron chi connectivity index (χ4n) is 4.31. The van der Waals surface area contributed by atoms with Crippen molar-refractivity contribution in [3.63, 3.8) is 0 Å². The minimum absolute atomic E-state index is 0.123. The number of nitrogens with one attached hydrogen (secondary N) is 1. The van der Waals surface area contributed by atoms with Crippen LogP contribution < -0.4 is 10.1 Å². The van der Waals surface area contributed by atoms with Crippen molar-refractivity contribution in [2.75, 3.05) is 26.7 Å². The van der Waals surface area contributed by atoms with Crippen LogP contribution in [0.25, 0.3) is 0 Å². The van der Waals surface area contributed by atoms with Crippen molar-refractivity contribution in [1.29, 1.82) is 0 Å². The van der Waals surface area contributed by atoms with Gasteiger partial charge in [-0.15, -0.1) is 0 Å². The van der Waals surface area contributed by atoms with E-state index in [-0.39, 0.29) is 17.5 Å². The molecule has 0 bridgehead atoms. The molecule has 0 saturated carbocycles. The number of piperidine rings is 1. The standard InChI is InChI=1S/C24H30F2N2O2/c1-15-16(2)23(30-4)10-9-20(15)17(3)28-11-5-6-18(14-28)13-27-24(29)21-8-7-19(25)12-22(21)26/h7-10,12,17-18H,5-6,11,13-14H2,1-4H3,(H,27,29). The second kappa shape index (κ2) is 9.56. The third-order valence-electron chi connectivity index (χ3n) is 6.27. The zero-order valence-corrected chi connectivity index (χ0v) is 18.1. The Kier molecular flexibility index (Phi) is 7.08. The number of halogens is 2. The summed E-state index contributed by atoms with van der Waals surface area (Å²) in [5.74, 6) is -0.843. The van der Waals surface area contributed by atoms with Gasteiger partial charge in [0.05, 0.1) is 12.7 Å². The van der Waals surface area contributed by atoms with Crippen molar-refractivity contribution in [3.8, 4) is 5.75 Å². The third-order valence-corrected chi connectivity index (χ3v) is 6.27. The van der Waals surface area contributed by atoms with Crippen molar-refractivity contribution in [2.45, 2.75) is 39.7 Å². The van der Waals surface area contributed by atoms with E-state index in [0.717, 1.165) is 49.4 Å². The molecule has 2 aromatic carbocycles. The highest BCUT2D eigenvalue weighted by atomic mass is 19.1. The van der Waals surface area contributed by atoms with Crippen molar-refractivity contribution < 1.29 is 18.3 Å². The number of ether oxygens (including phenoxy) is 1. The molecule has 1 aliphatic heterocycles. The highest BCUT2D eigenvalue weighted by Crippen LogP contribution is 2.32. The van der Waals surface area contributed by atoms with Gasteiger partial charge < -0.3 is 10.1 Å². The number of nitrogens with zero attached hydrogens (tertiary/aromatic N) is 1. The zero-order valence-electron chi connectivity index (χ0n) is 18.1. The second-order valence-corrected chi connectivity index (χ2v) is 8.12. The van der Waals surface area contributed by atoms with Crippen LogP contribution in [0.1, 0.15) is 52.9 Å². The van der Waals surface area contributed by atoms with Gasteiger partial charge in [-0.2, -0.15) is 0 Å². The number of rotatable bonds is 6. The quantitative estimate of drug-likeness (QED) is 0.736. The molecule has 162 valence electrons. The molecule has 0 radical (unpaired) electrons. The lowest BCUT2D eigenvalue weighted by molar-refractivity contribution is 0.0913.